The Labute approximate surface area is 182 Å². The van der Waals surface area contributed by atoms with Crippen molar-refractivity contribution in [1.82, 2.24) is 9.97 Å². The number of ether oxygens (including phenoxy) is 1. The molecule has 0 fully saturated rings. The fourth-order valence-electron chi connectivity index (χ4n) is 3.21. The van der Waals surface area contributed by atoms with Crippen LogP contribution in [0.5, 0.6) is 11.6 Å². The molecular weight excluding hydrogens is 421 g/mol. The van der Waals surface area contributed by atoms with E-state index in [-0.39, 0.29) is 17.5 Å². The second-order valence-electron chi connectivity index (χ2n) is 6.84. The number of halogens is 2. The predicted octanol–water partition coefficient (Wildman–Crippen LogP) is 6.09. The van der Waals surface area contributed by atoms with Crippen LogP contribution in [0.2, 0.25) is 5.02 Å². The standard InChI is InChI=1S/C23H17ClFN3O3/c1-13(18-6-5-15(23(29)30)11-19(18)24)28-21-20-14(7-9-26-21)8-10-27-22(20)31-17-4-2-3-16(25)12-17/h2-13H,1H3,(H,26,28)(H,29,30)/t13-/m0/s1. The molecule has 8 heteroatoms. The van der Waals surface area contributed by atoms with E-state index < -0.39 is 11.8 Å². The first kappa shape index (κ1) is 20.6. The maximum atomic E-state index is 13.6. The summed E-state index contributed by atoms with van der Waals surface area (Å²) in [6.07, 6.45) is 3.25. The van der Waals surface area contributed by atoms with Crippen molar-refractivity contribution < 1.29 is 19.0 Å². The van der Waals surface area contributed by atoms with Gasteiger partial charge in [0.2, 0.25) is 5.88 Å². The summed E-state index contributed by atoms with van der Waals surface area (Å²) >= 11 is 6.31. The van der Waals surface area contributed by atoms with Gasteiger partial charge < -0.3 is 15.2 Å². The van der Waals surface area contributed by atoms with Gasteiger partial charge in [-0.3, -0.25) is 0 Å². The van der Waals surface area contributed by atoms with Crippen LogP contribution in [0.4, 0.5) is 10.2 Å². The van der Waals surface area contributed by atoms with Crippen LogP contribution in [-0.4, -0.2) is 21.0 Å². The highest BCUT2D eigenvalue weighted by atomic mass is 35.5. The van der Waals surface area contributed by atoms with Gasteiger partial charge in [-0.1, -0.05) is 23.7 Å². The lowest BCUT2D eigenvalue weighted by atomic mass is 10.1. The number of hydrogen-bond acceptors (Lipinski definition) is 5. The lowest BCUT2D eigenvalue weighted by molar-refractivity contribution is 0.0697. The first-order valence-electron chi connectivity index (χ1n) is 9.39. The van der Waals surface area contributed by atoms with Crippen molar-refractivity contribution in [3.8, 4) is 11.6 Å². The van der Waals surface area contributed by atoms with Crippen LogP contribution in [0.3, 0.4) is 0 Å². The Bertz CT molecular complexity index is 1280. The first-order valence-corrected chi connectivity index (χ1v) is 9.76. The van der Waals surface area contributed by atoms with Crippen LogP contribution in [-0.2, 0) is 0 Å². The van der Waals surface area contributed by atoms with Crippen LogP contribution in [0.25, 0.3) is 10.8 Å². The number of nitrogens with one attached hydrogen (secondary N) is 1. The van der Waals surface area contributed by atoms with Crippen LogP contribution in [0.1, 0.15) is 28.9 Å². The quantitative estimate of drug-likeness (QED) is 0.380. The maximum absolute atomic E-state index is 13.6. The van der Waals surface area contributed by atoms with Gasteiger partial charge >= 0.3 is 5.97 Å². The summed E-state index contributed by atoms with van der Waals surface area (Å²) in [4.78, 5) is 19.9. The number of aromatic carboxylic acids is 1. The van der Waals surface area contributed by atoms with Crippen LogP contribution in [0.15, 0.2) is 67.0 Å². The zero-order valence-corrected chi connectivity index (χ0v) is 17.1. The van der Waals surface area contributed by atoms with Crippen molar-refractivity contribution in [3.63, 3.8) is 0 Å². The molecular formula is C23H17ClFN3O3. The van der Waals surface area contributed by atoms with E-state index in [2.05, 4.69) is 15.3 Å². The summed E-state index contributed by atoms with van der Waals surface area (Å²) in [5, 5.41) is 14.2. The van der Waals surface area contributed by atoms with Crippen molar-refractivity contribution in [2.45, 2.75) is 13.0 Å². The Morgan fingerprint density at radius 2 is 1.90 bits per heavy atom. The Morgan fingerprint density at radius 1 is 1.13 bits per heavy atom. The normalized spacial score (nSPS) is 11.8. The molecule has 0 unspecified atom stereocenters. The minimum absolute atomic E-state index is 0.110. The summed E-state index contributed by atoms with van der Waals surface area (Å²) in [5.41, 5.74) is 0.821. The first-order chi connectivity index (χ1) is 14.9. The second kappa shape index (κ2) is 8.57. The zero-order valence-electron chi connectivity index (χ0n) is 16.3. The molecule has 0 aliphatic carbocycles. The number of fused-ring (bicyclic) bond motifs is 1. The number of benzene rings is 2. The van der Waals surface area contributed by atoms with E-state index in [4.69, 9.17) is 21.4 Å². The van der Waals surface area contributed by atoms with Gasteiger partial charge in [-0.2, -0.15) is 0 Å². The lowest BCUT2D eigenvalue weighted by Gasteiger charge is -2.19. The summed E-state index contributed by atoms with van der Waals surface area (Å²) in [7, 11) is 0. The summed E-state index contributed by atoms with van der Waals surface area (Å²) < 4.78 is 19.4. The number of anilines is 1. The number of carbonyl (C=O) groups is 1. The Kier molecular flexibility index (Phi) is 5.68. The van der Waals surface area contributed by atoms with Crippen molar-refractivity contribution in [2.75, 3.05) is 5.32 Å². The minimum atomic E-state index is -1.05. The van der Waals surface area contributed by atoms with Gasteiger partial charge in [0.15, 0.2) is 0 Å². The van der Waals surface area contributed by atoms with Crippen molar-refractivity contribution >= 4 is 34.2 Å². The van der Waals surface area contributed by atoms with Crippen molar-refractivity contribution in [3.05, 3.63) is 89.0 Å². The van der Waals surface area contributed by atoms with Crippen LogP contribution < -0.4 is 10.1 Å². The largest absolute Gasteiger partial charge is 0.478 e. The topological polar surface area (TPSA) is 84.3 Å². The maximum Gasteiger partial charge on any atom is 0.335 e. The third-order valence-electron chi connectivity index (χ3n) is 4.72. The fourth-order valence-corrected chi connectivity index (χ4v) is 3.56. The third-order valence-corrected chi connectivity index (χ3v) is 5.05. The molecule has 2 aromatic heterocycles. The van der Waals surface area contributed by atoms with Crippen LogP contribution >= 0.6 is 11.6 Å². The molecule has 0 aliphatic rings. The minimum Gasteiger partial charge on any atom is -0.478 e. The third kappa shape index (κ3) is 4.41. The van der Waals surface area contributed by atoms with E-state index in [1.165, 1.54) is 24.3 Å². The molecule has 0 aliphatic heterocycles. The number of carboxylic acids is 1. The molecule has 0 bridgehead atoms. The number of nitrogens with zero attached hydrogens (tertiary/aromatic N) is 2. The summed E-state index contributed by atoms with van der Waals surface area (Å²) in [6.45, 7) is 1.88. The Balaban J connectivity index is 1.70. The summed E-state index contributed by atoms with van der Waals surface area (Å²) in [6, 6.07) is 13.7. The van der Waals surface area contributed by atoms with E-state index >= 15 is 0 Å². The molecule has 2 N–H and O–H groups in total. The molecule has 0 spiro atoms. The molecule has 0 radical (unpaired) electrons. The predicted molar refractivity (Wildman–Crippen MR) is 116 cm³/mol. The van der Waals surface area contributed by atoms with E-state index in [9.17, 15) is 9.18 Å². The average Bonchev–Trinajstić information content (AvgIpc) is 2.74. The molecule has 31 heavy (non-hydrogen) atoms. The monoisotopic (exact) mass is 437 g/mol. The van der Waals surface area contributed by atoms with Gasteiger partial charge in [0, 0.05) is 23.5 Å². The molecule has 4 rings (SSSR count). The molecule has 6 nitrogen and oxygen atoms in total. The van der Waals surface area contributed by atoms with Gasteiger partial charge in [0.25, 0.3) is 0 Å². The molecule has 0 saturated carbocycles. The summed E-state index contributed by atoms with van der Waals surface area (Å²) in [5.74, 6) is -0.367. The average molecular weight is 438 g/mol. The van der Waals surface area contributed by atoms with E-state index in [0.717, 1.165) is 5.39 Å². The zero-order chi connectivity index (χ0) is 22.0. The van der Waals surface area contributed by atoms with Crippen molar-refractivity contribution in [1.29, 1.82) is 0 Å². The fraction of sp³-hybridized carbons (Fsp3) is 0.0870. The second-order valence-corrected chi connectivity index (χ2v) is 7.25. The van der Waals surface area contributed by atoms with E-state index in [1.807, 2.05) is 19.1 Å². The number of rotatable bonds is 6. The molecule has 1 atom stereocenters. The van der Waals surface area contributed by atoms with E-state index in [1.54, 1.807) is 30.6 Å². The van der Waals surface area contributed by atoms with Gasteiger partial charge in [-0.25, -0.2) is 19.2 Å². The molecule has 156 valence electrons. The lowest BCUT2D eigenvalue weighted by Crippen LogP contribution is -2.10. The molecule has 0 amide bonds. The van der Waals surface area contributed by atoms with Gasteiger partial charge in [-0.15, -0.1) is 0 Å². The Morgan fingerprint density at radius 3 is 2.61 bits per heavy atom. The number of pyridine rings is 2. The smallest absolute Gasteiger partial charge is 0.335 e. The molecule has 2 aromatic carbocycles. The molecule has 2 heterocycles. The van der Waals surface area contributed by atoms with Crippen molar-refractivity contribution in [2.24, 2.45) is 0 Å². The number of hydrogen-bond donors (Lipinski definition) is 2. The highest BCUT2D eigenvalue weighted by molar-refractivity contribution is 6.31. The SMILES string of the molecule is C[C@H](Nc1nccc2ccnc(Oc3cccc(F)c3)c12)c1ccc(C(=O)O)cc1Cl. The highest BCUT2D eigenvalue weighted by Crippen LogP contribution is 2.35. The molecule has 4 aromatic rings. The van der Waals surface area contributed by atoms with E-state index in [0.29, 0.717) is 27.5 Å². The number of carboxylic acid groups (broad SMARTS) is 1. The molecule has 0 saturated heterocycles. The highest BCUT2D eigenvalue weighted by Gasteiger charge is 2.17. The number of aromatic nitrogens is 2. The van der Waals surface area contributed by atoms with Gasteiger partial charge in [-0.05, 0) is 54.3 Å². The van der Waals surface area contributed by atoms with Gasteiger partial charge in [0.05, 0.1) is 17.0 Å². The van der Waals surface area contributed by atoms with Gasteiger partial charge in [0.1, 0.15) is 17.4 Å². The Hall–Kier alpha value is -3.71. The van der Waals surface area contributed by atoms with Crippen LogP contribution in [0, 0.1) is 5.82 Å².